The van der Waals surface area contributed by atoms with Crippen LogP contribution in [0.2, 0.25) is 0 Å². The molecule has 0 unspecified atom stereocenters. The molecular formula is C26H20N4O2S. The first-order chi connectivity index (χ1) is 16.2. The zero-order chi connectivity index (χ0) is 22.4. The lowest BCUT2D eigenvalue weighted by Crippen LogP contribution is -1.94. The molecule has 2 N–H and O–H groups in total. The lowest BCUT2D eigenvalue weighted by molar-refractivity contribution is 0.281. The van der Waals surface area contributed by atoms with E-state index in [9.17, 15) is 5.11 Å². The number of aliphatic hydroxyl groups is 1. The number of aromatic nitrogens is 4. The van der Waals surface area contributed by atoms with E-state index in [4.69, 9.17) is 9.72 Å². The van der Waals surface area contributed by atoms with Crippen molar-refractivity contribution in [1.82, 2.24) is 19.5 Å². The fourth-order valence-corrected chi connectivity index (χ4v) is 5.22. The standard InChI is InChI=1S/C26H20N4O2S/c1-32-24-11-16(14-31)10-22-25(24)33-26(29-22)17-6-8-18(9-7-17)30-15-27-13-23(30)20-12-28-21-5-3-2-4-19(20)21/h2-13,15,28,31H,14H2,1H3. The molecule has 3 aromatic carbocycles. The van der Waals surface area contributed by atoms with E-state index in [1.165, 1.54) is 5.39 Å². The van der Waals surface area contributed by atoms with E-state index in [1.807, 2.05) is 43.0 Å². The largest absolute Gasteiger partial charge is 0.495 e. The molecule has 0 aliphatic carbocycles. The van der Waals surface area contributed by atoms with Gasteiger partial charge in [0.2, 0.25) is 0 Å². The number of aromatic amines is 1. The topological polar surface area (TPSA) is 76.0 Å². The molecule has 0 amide bonds. The summed E-state index contributed by atoms with van der Waals surface area (Å²) in [6.07, 6.45) is 5.76. The minimum atomic E-state index is -0.0441. The monoisotopic (exact) mass is 452 g/mol. The van der Waals surface area contributed by atoms with Crippen LogP contribution in [0.25, 0.3) is 48.6 Å². The molecule has 0 saturated heterocycles. The van der Waals surface area contributed by atoms with Crippen LogP contribution >= 0.6 is 11.3 Å². The van der Waals surface area contributed by atoms with Gasteiger partial charge in [0.05, 0.1) is 42.2 Å². The van der Waals surface area contributed by atoms with Crippen molar-refractivity contribution in [2.24, 2.45) is 0 Å². The van der Waals surface area contributed by atoms with Crippen molar-refractivity contribution < 1.29 is 9.84 Å². The van der Waals surface area contributed by atoms with Crippen molar-refractivity contribution in [2.75, 3.05) is 7.11 Å². The second-order valence-electron chi connectivity index (χ2n) is 7.77. The van der Waals surface area contributed by atoms with Gasteiger partial charge in [0, 0.05) is 33.9 Å². The van der Waals surface area contributed by atoms with Gasteiger partial charge < -0.3 is 14.8 Å². The molecule has 3 heterocycles. The second kappa shape index (κ2) is 7.88. The van der Waals surface area contributed by atoms with Gasteiger partial charge in [-0.3, -0.25) is 4.57 Å². The van der Waals surface area contributed by atoms with Crippen molar-refractivity contribution in [1.29, 1.82) is 0 Å². The van der Waals surface area contributed by atoms with Crippen LogP contribution in [0.4, 0.5) is 0 Å². The van der Waals surface area contributed by atoms with Crippen molar-refractivity contribution in [2.45, 2.75) is 6.61 Å². The highest BCUT2D eigenvalue weighted by Gasteiger charge is 2.14. The Balaban J connectivity index is 1.38. The van der Waals surface area contributed by atoms with Gasteiger partial charge in [-0.05, 0) is 48.0 Å². The summed E-state index contributed by atoms with van der Waals surface area (Å²) in [5.74, 6) is 0.735. The van der Waals surface area contributed by atoms with Crippen molar-refractivity contribution in [3.63, 3.8) is 0 Å². The van der Waals surface area contributed by atoms with Crippen molar-refractivity contribution >= 4 is 32.5 Å². The smallest absolute Gasteiger partial charge is 0.138 e. The Morgan fingerprint density at radius 2 is 1.94 bits per heavy atom. The summed E-state index contributed by atoms with van der Waals surface area (Å²) in [5.41, 5.74) is 6.92. The predicted octanol–water partition coefficient (Wildman–Crippen LogP) is 5.80. The number of aliphatic hydroxyl groups excluding tert-OH is 1. The maximum atomic E-state index is 9.52. The summed E-state index contributed by atoms with van der Waals surface area (Å²) in [4.78, 5) is 12.5. The highest BCUT2D eigenvalue weighted by molar-refractivity contribution is 7.22. The summed E-state index contributed by atoms with van der Waals surface area (Å²) in [7, 11) is 1.64. The van der Waals surface area contributed by atoms with Gasteiger partial charge in [0.15, 0.2) is 0 Å². The summed E-state index contributed by atoms with van der Waals surface area (Å²) in [5, 5.41) is 11.6. The summed E-state index contributed by atoms with van der Waals surface area (Å²) < 4.78 is 8.58. The van der Waals surface area contributed by atoms with E-state index in [2.05, 4.69) is 50.9 Å². The number of rotatable bonds is 5. The third kappa shape index (κ3) is 3.29. The third-order valence-corrected chi connectivity index (χ3v) is 6.95. The van der Waals surface area contributed by atoms with Crippen LogP contribution < -0.4 is 4.74 Å². The van der Waals surface area contributed by atoms with Crippen LogP contribution in [0.5, 0.6) is 5.75 Å². The number of hydrogen-bond donors (Lipinski definition) is 2. The number of thiazole rings is 1. The van der Waals surface area contributed by atoms with Gasteiger partial charge in [-0.25, -0.2) is 9.97 Å². The van der Waals surface area contributed by atoms with Gasteiger partial charge in [-0.1, -0.05) is 18.2 Å². The molecule has 0 atom stereocenters. The van der Waals surface area contributed by atoms with E-state index in [0.717, 1.165) is 54.6 Å². The molecule has 0 aliphatic heterocycles. The van der Waals surface area contributed by atoms with E-state index in [1.54, 1.807) is 18.4 Å². The quantitative estimate of drug-likeness (QED) is 0.347. The van der Waals surface area contributed by atoms with E-state index < -0.39 is 0 Å². The Labute approximate surface area is 193 Å². The number of imidazole rings is 1. The first-order valence-electron chi connectivity index (χ1n) is 10.5. The Kier molecular flexibility index (Phi) is 4.71. The van der Waals surface area contributed by atoms with Gasteiger partial charge in [0.25, 0.3) is 0 Å². The van der Waals surface area contributed by atoms with Gasteiger partial charge in [-0.2, -0.15) is 0 Å². The Morgan fingerprint density at radius 3 is 2.76 bits per heavy atom. The molecule has 0 aliphatic rings. The Morgan fingerprint density at radius 1 is 1.09 bits per heavy atom. The minimum absolute atomic E-state index is 0.0441. The zero-order valence-corrected chi connectivity index (χ0v) is 18.6. The summed E-state index contributed by atoms with van der Waals surface area (Å²) in [6.45, 7) is -0.0441. The Hall–Kier alpha value is -3.94. The molecule has 6 nitrogen and oxygen atoms in total. The highest BCUT2D eigenvalue weighted by atomic mass is 32.1. The van der Waals surface area contributed by atoms with Crippen LogP contribution in [0.1, 0.15) is 5.56 Å². The SMILES string of the molecule is COc1cc(CO)cc2nc(-c3ccc(-n4cncc4-c4c[nH]c5ccccc45)cc3)sc12. The van der Waals surface area contributed by atoms with Crippen LogP contribution in [0.15, 0.2) is 79.4 Å². The number of hydrogen-bond acceptors (Lipinski definition) is 5. The molecule has 6 rings (SSSR count). The molecule has 6 aromatic rings. The number of nitrogens with zero attached hydrogens (tertiary/aromatic N) is 3. The number of fused-ring (bicyclic) bond motifs is 2. The molecule has 0 saturated carbocycles. The average molecular weight is 453 g/mol. The highest BCUT2D eigenvalue weighted by Crippen LogP contribution is 2.37. The molecule has 7 heteroatoms. The lowest BCUT2D eigenvalue weighted by Gasteiger charge is -2.08. The number of ether oxygens (including phenoxy) is 1. The molecule has 0 radical (unpaired) electrons. The van der Waals surface area contributed by atoms with Gasteiger partial charge in [-0.15, -0.1) is 11.3 Å². The van der Waals surface area contributed by atoms with E-state index in [-0.39, 0.29) is 6.61 Å². The number of H-pyrrole nitrogens is 1. The second-order valence-corrected chi connectivity index (χ2v) is 8.77. The number of benzene rings is 3. The van der Waals surface area contributed by atoms with Gasteiger partial charge >= 0.3 is 0 Å². The van der Waals surface area contributed by atoms with Crippen molar-refractivity contribution in [3.8, 4) is 33.3 Å². The Bertz CT molecular complexity index is 1590. The first-order valence-corrected chi connectivity index (χ1v) is 11.3. The van der Waals surface area contributed by atoms with E-state index >= 15 is 0 Å². The normalized spacial score (nSPS) is 11.5. The molecule has 0 spiro atoms. The maximum absolute atomic E-state index is 9.52. The summed E-state index contributed by atoms with van der Waals surface area (Å²) >= 11 is 1.59. The summed E-state index contributed by atoms with van der Waals surface area (Å²) in [6, 6.07) is 20.3. The third-order valence-electron chi connectivity index (χ3n) is 5.81. The van der Waals surface area contributed by atoms with Crippen LogP contribution in [0, 0.1) is 0 Å². The number of nitrogens with one attached hydrogen (secondary N) is 1. The molecule has 33 heavy (non-hydrogen) atoms. The number of methoxy groups -OCH3 is 1. The van der Waals surface area contributed by atoms with Gasteiger partial charge in [0.1, 0.15) is 10.8 Å². The zero-order valence-electron chi connectivity index (χ0n) is 17.8. The van der Waals surface area contributed by atoms with Crippen LogP contribution in [-0.2, 0) is 6.61 Å². The number of para-hydroxylation sites is 1. The molecule has 0 fully saturated rings. The predicted molar refractivity (Wildman–Crippen MR) is 132 cm³/mol. The molecule has 0 bridgehead atoms. The van der Waals surface area contributed by atoms with E-state index in [0.29, 0.717) is 0 Å². The minimum Gasteiger partial charge on any atom is -0.495 e. The molecular weight excluding hydrogens is 432 g/mol. The van der Waals surface area contributed by atoms with Crippen LogP contribution in [-0.4, -0.2) is 31.7 Å². The fourth-order valence-electron chi connectivity index (χ4n) is 4.17. The first kappa shape index (κ1) is 19.7. The molecule has 3 aromatic heterocycles. The van der Waals surface area contributed by atoms with Crippen LogP contribution in [0.3, 0.4) is 0 Å². The lowest BCUT2D eigenvalue weighted by atomic mass is 10.1. The van der Waals surface area contributed by atoms with Crippen molar-refractivity contribution in [3.05, 3.63) is 84.9 Å². The molecule has 162 valence electrons. The fraction of sp³-hybridized carbons (Fsp3) is 0.0769. The average Bonchev–Trinajstić information content (AvgIpc) is 3.61. The maximum Gasteiger partial charge on any atom is 0.138 e.